The van der Waals surface area contributed by atoms with Crippen LogP contribution in [0.1, 0.15) is 44.9 Å². The van der Waals surface area contributed by atoms with Crippen LogP contribution in [0.4, 0.5) is 5.82 Å². The molecule has 8 nitrogen and oxygen atoms in total. The molecule has 1 aliphatic heterocycles. The maximum absolute atomic E-state index is 13.1. The number of nitrogens with zero attached hydrogens (tertiary/aromatic N) is 5. The van der Waals surface area contributed by atoms with Gasteiger partial charge in [-0.15, -0.1) is 0 Å². The van der Waals surface area contributed by atoms with E-state index in [9.17, 15) is 9.59 Å². The Morgan fingerprint density at radius 2 is 1.81 bits per heavy atom. The second-order valence-corrected chi connectivity index (χ2v) is 8.70. The molecule has 0 unspecified atom stereocenters. The first-order chi connectivity index (χ1) is 15.3. The van der Waals surface area contributed by atoms with E-state index in [-0.39, 0.29) is 23.7 Å². The molecule has 1 N–H and O–H groups in total. The summed E-state index contributed by atoms with van der Waals surface area (Å²) in [6, 6.07) is 17.0. The molecule has 3 heterocycles. The quantitative estimate of drug-likeness (QED) is 0.668. The average Bonchev–Trinajstić information content (AvgIpc) is 3.21. The van der Waals surface area contributed by atoms with E-state index >= 15 is 0 Å². The maximum atomic E-state index is 13.1. The molecule has 0 spiro atoms. The van der Waals surface area contributed by atoms with E-state index in [1.54, 1.807) is 10.9 Å². The van der Waals surface area contributed by atoms with Crippen molar-refractivity contribution in [1.82, 2.24) is 19.8 Å². The van der Waals surface area contributed by atoms with Gasteiger partial charge in [-0.3, -0.25) is 9.59 Å². The summed E-state index contributed by atoms with van der Waals surface area (Å²) < 4.78 is 1.62. The Hall–Kier alpha value is -3.81. The van der Waals surface area contributed by atoms with E-state index in [0.29, 0.717) is 30.3 Å². The lowest BCUT2D eigenvalue weighted by Gasteiger charge is -2.23. The van der Waals surface area contributed by atoms with E-state index < -0.39 is 0 Å². The van der Waals surface area contributed by atoms with Gasteiger partial charge in [0.2, 0.25) is 5.91 Å². The minimum absolute atomic E-state index is 0.0982. The zero-order chi connectivity index (χ0) is 22.7. The molecule has 2 amide bonds. The first-order valence-corrected chi connectivity index (χ1v) is 10.6. The largest absolute Gasteiger partial charge is 0.305 e. The minimum atomic E-state index is -0.354. The summed E-state index contributed by atoms with van der Waals surface area (Å²) >= 11 is 0. The monoisotopic (exact) mass is 430 g/mol. The Morgan fingerprint density at radius 1 is 1.06 bits per heavy atom. The zero-order valence-corrected chi connectivity index (χ0v) is 18.4. The van der Waals surface area contributed by atoms with E-state index in [0.717, 1.165) is 11.3 Å². The smallest absolute Gasteiger partial charge is 0.273 e. The molecule has 1 aromatic carbocycles. The van der Waals surface area contributed by atoms with Gasteiger partial charge in [0.25, 0.3) is 5.91 Å². The first kappa shape index (κ1) is 21.4. The molecule has 0 saturated carbocycles. The summed E-state index contributed by atoms with van der Waals surface area (Å²) in [6.45, 7) is 6.50. The molecule has 3 aromatic rings. The number of carbonyl (C=O) groups is 2. The van der Waals surface area contributed by atoms with Crippen molar-refractivity contribution in [2.24, 2.45) is 5.10 Å². The molecule has 8 heteroatoms. The number of carbonyl (C=O) groups excluding carboxylic acids is 2. The number of aromatic nitrogens is 3. The Kier molecular flexibility index (Phi) is 5.85. The van der Waals surface area contributed by atoms with E-state index in [4.69, 9.17) is 0 Å². The lowest BCUT2D eigenvalue weighted by Crippen LogP contribution is -2.36. The number of benzene rings is 1. The number of nitrogens with one attached hydrogen (secondary N) is 1. The van der Waals surface area contributed by atoms with Gasteiger partial charge in [-0.2, -0.15) is 14.9 Å². The maximum Gasteiger partial charge on any atom is 0.273 e. The number of hydrogen-bond donors (Lipinski definition) is 1. The van der Waals surface area contributed by atoms with Gasteiger partial charge in [0, 0.05) is 30.5 Å². The van der Waals surface area contributed by atoms with Crippen molar-refractivity contribution in [3.05, 3.63) is 72.1 Å². The molecule has 164 valence electrons. The van der Waals surface area contributed by atoms with E-state index in [1.807, 2.05) is 54.6 Å². The van der Waals surface area contributed by atoms with Gasteiger partial charge in [0.05, 0.1) is 12.2 Å². The Balaban J connectivity index is 1.60. The summed E-state index contributed by atoms with van der Waals surface area (Å²) in [5.41, 5.74) is 1.88. The van der Waals surface area contributed by atoms with Crippen LogP contribution in [-0.2, 0) is 21.5 Å². The van der Waals surface area contributed by atoms with Crippen molar-refractivity contribution in [2.75, 3.05) is 5.32 Å². The highest BCUT2D eigenvalue weighted by Crippen LogP contribution is 2.26. The van der Waals surface area contributed by atoms with Crippen molar-refractivity contribution >= 4 is 23.3 Å². The van der Waals surface area contributed by atoms with Gasteiger partial charge in [0.15, 0.2) is 5.82 Å². The fourth-order valence-electron chi connectivity index (χ4n) is 3.32. The fourth-order valence-corrected chi connectivity index (χ4v) is 3.32. The Morgan fingerprint density at radius 3 is 2.50 bits per heavy atom. The molecular weight excluding hydrogens is 404 g/mol. The molecule has 0 radical (unpaired) electrons. The van der Waals surface area contributed by atoms with Crippen LogP contribution in [0.3, 0.4) is 0 Å². The number of amides is 2. The molecule has 0 fully saturated rings. The van der Waals surface area contributed by atoms with Crippen LogP contribution in [0, 0.1) is 0 Å². The third-order valence-corrected chi connectivity index (χ3v) is 5.13. The number of pyridine rings is 1. The summed E-state index contributed by atoms with van der Waals surface area (Å²) in [5, 5.41) is 13.3. The number of anilines is 1. The Bertz CT molecular complexity index is 1150. The molecule has 0 atom stereocenters. The zero-order valence-electron chi connectivity index (χ0n) is 18.4. The van der Waals surface area contributed by atoms with Gasteiger partial charge in [-0.1, -0.05) is 57.2 Å². The summed E-state index contributed by atoms with van der Waals surface area (Å²) in [6.07, 6.45) is 2.21. The lowest BCUT2D eigenvalue weighted by molar-refractivity contribution is -0.132. The predicted molar refractivity (Wildman–Crippen MR) is 122 cm³/mol. The number of rotatable bonds is 5. The van der Waals surface area contributed by atoms with Crippen LogP contribution < -0.4 is 5.32 Å². The van der Waals surface area contributed by atoms with Crippen LogP contribution in [0.15, 0.2) is 65.9 Å². The van der Waals surface area contributed by atoms with Crippen molar-refractivity contribution in [3.8, 4) is 5.82 Å². The molecule has 32 heavy (non-hydrogen) atoms. The molecular formula is C24H26N6O2. The summed E-state index contributed by atoms with van der Waals surface area (Å²) in [4.78, 5) is 29.8. The highest BCUT2D eigenvalue weighted by molar-refractivity contribution is 6.43. The fraction of sp³-hybridized carbons (Fsp3) is 0.292. The lowest BCUT2D eigenvalue weighted by atomic mass is 9.92. The summed E-state index contributed by atoms with van der Waals surface area (Å²) in [7, 11) is 0. The SMILES string of the molecule is CC(C)(C)c1cc(NC(=O)C2=NN(Cc3ccccc3)C(=O)CC2)n(-c2ccccn2)n1. The van der Waals surface area contributed by atoms with Crippen LogP contribution in [0.2, 0.25) is 0 Å². The van der Waals surface area contributed by atoms with Gasteiger partial charge in [-0.25, -0.2) is 9.99 Å². The third-order valence-electron chi connectivity index (χ3n) is 5.13. The van der Waals surface area contributed by atoms with Gasteiger partial charge < -0.3 is 5.32 Å². The molecule has 0 saturated heterocycles. The first-order valence-electron chi connectivity index (χ1n) is 10.6. The van der Waals surface area contributed by atoms with Crippen molar-refractivity contribution in [1.29, 1.82) is 0 Å². The average molecular weight is 431 g/mol. The molecule has 0 aliphatic carbocycles. The number of hydrazone groups is 1. The summed E-state index contributed by atoms with van der Waals surface area (Å²) in [5.74, 6) is 0.657. The highest BCUT2D eigenvalue weighted by atomic mass is 16.2. The predicted octanol–water partition coefficient (Wildman–Crippen LogP) is 3.68. The molecule has 4 rings (SSSR count). The van der Waals surface area contributed by atoms with Gasteiger partial charge in [-0.05, 0) is 17.7 Å². The minimum Gasteiger partial charge on any atom is -0.305 e. The van der Waals surface area contributed by atoms with Gasteiger partial charge in [0.1, 0.15) is 11.5 Å². The topological polar surface area (TPSA) is 92.5 Å². The second kappa shape index (κ2) is 8.74. The van der Waals surface area contributed by atoms with Crippen LogP contribution >= 0.6 is 0 Å². The normalized spacial score (nSPS) is 14.3. The standard InChI is InChI=1S/C24H26N6O2/c1-24(2,3)19-15-21(30(28-19)20-11-7-8-14-25-20)26-23(32)18-12-13-22(31)29(27-18)16-17-9-5-4-6-10-17/h4-11,14-15H,12-13,16H2,1-3H3,(H,26,32). The Labute approximate surface area is 187 Å². The third kappa shape index (κ3) is 4.74. The molecule has 0 bridgehead atoms. The van der Waals surface area contributed by atoms with Crippen molar-refractivity contribution in [2.45, 2.75) is 45.6 Å². The van der Waals surface area contributed by atoms with Crippen LogP contribution in [0.25, 0.3) is 5.82 Å². The highest BCUT2D eigenvalue weighted by Gasteiger charge is 2.27. The van der Waals surface area contributed by atoms with Crippen molar-refractivity contribution in [3.63, 3.8) is 0 Å². The molecule has 1 aliphatic rings. The van der Waals surface area contributed by atoms with Crippen LogP contribution in [0.5, 0.6) is 0 Å². The molecule has 2 aromatic heterocycles. The second-order valence-electron chi connectivity index (χ2n) is 8.70. The van der Waals surface area contributed by atoms with E-state index in [1.165, 1.54) is 5.01 Å². The van der Waals surface area contributed by atoms with Gasteiger partial charge >= 0.3 is 0 Å². The van der Waals surface area contributed by atoms with Crippen molar-refractivity contribution < 1.29 is 9.59 Å². The van der Waals surface area contributed by atoms with Crippen LogP contribution in [-0.4, -0.2) is 37.3 Å². The number of hydrogen-bond acceptors (Lipinski definition) is 5. The van der Waals surface area contributed by atoms with E-state index in [2.05, 4.69) is 41.3 Å².